The van der Waals surface area contributed by atoms with Gasteiger partial charge in [-0.2, -0.15) is 13.2 Å². The SMILES string of the molecule is C=CC(=O)Nc1cc(Nc2nc(-c3ccnc(N4CCn5c(cc6c5CC(C)(C)C6)C4=O)c3CO)cnc2C(F)(F)F)ccc1N1CCN(C2CCOCC2)CC1C. The highest BCUT2D eigenvalue weighted by molar-refractivity contribution is 6.06. The van der Waals surface area contributed by atoms with E-state index in [4.69, 9.17) is 4.74 Å². The quantitative estimate of drug-likeness (QED) is 0.168. The number of fused-ring (bicyclic) bond motifs is 3. The normalized spacial score (nSPS) is 19.8. The van der Waals surface area contributed by atoms with E-state index in [0.29, 0.717) is 37.1 Å². The first-order valence-corrected chi connectivity index (χ1v) is 19.7. The summed E-state index contributed by atoms with van der Waals surface area (Å²) < 4.78 is 51.1. The number of carbonyl (C=O) groups is 2. The van der Waals surface area contributed by atoms with Crippen molar-refractivity contribution >= 4 is 40.5 Å². The van der Waals surface area contributed by atoms with E-state index in [0.717, 1.165) is 75.5 Å². The van der Waals surface area contributed by atoms with Gasteiger partial charge in [0, 0.05) is 86.7 Å². The maximum absolute atomic E-state index is 14.5. The minimum Gasteiger partial charge on any atom is -0.392 e. The number of alkyl halides is 3. The fourth-order valence-corrected chi connectivity index (χ4v) is 9.05. The fraction of sp³-hybridized carbons (Fsp3) is 0.452. The first kappa shape index (κ1) is 39.5. The minimum atomic E-state index is -4.87. The number of rotatable bonds is 9. The van der Waals surface area contributed by atoms with E-state index in [1.54, 1.807) is 18.2 Å². The molecule has 3 aliphatic heterocycles. The Bertz CT molecular complexity index is 2250. The Kier molecular flexibility index (Phi) is 10.5. The van der Waals surface area contributed by atoms with Crippen molar-refractivity contribution in [3.8, 4) is 11.3 Å². The minimum absolute atomic E-state index is 0.0327. The Hall–Kier alpha value is -5.32. The second-order valence-corrected chi connectivity index (χ2v) is 16.3. The van der Waals surface area contributed by atoms with Gasteiger partial charge >= 0.3 is 6.18 Å². The predicted molar refractivity (Wildman–Crippen MR) is 214 cm³/mol. The molecule has 1 aromatic carbocycles. The topological polar surface area (TPSA) is 141 Å². The van der Waals surface area contributed by atoms with Crippen molar-refractivity contribution in [3.05, 3.63) is 83.6 Å². The average molecular weight is 800 g/mol. The van der Waals surface area contributed by atoms with Crippen LogP contribution in [0, 0.1) is 5.41 Å². The highest BCUT2D eigenvalue weighted by atomic mass is 19.4. The maximum Gasteiger partial charge on any atom is 0.437 e. The molecule has 0 saturated carbocycles. The number of pyridine rings is 1. The lowest BCUT2D eigenvalue weighted by Crippen LogP contribution is -2.56. The fourth-order valence-electron chi connectivity index (χ4n) is 9.05. The number of halogens is 3. The van der Waals surface area contributed by atoms with Crippen LogP contribution >= 0.6 is 0 Å². The summed E-state index contributed by atoms with van der Waals surface area (Å²) in [7, 11) is 0. The number of piperazine rings is 1. The molecule has 0 radical (unpaired) electrons. The summed E-state index contributed by atoms with van der Waals surface area (Å²) in [6.45, 7) is 14.2. The van der Waals surface area contributed by atoms with Crippen molar-refractivity contribution in [3.63, 3.8) is 0 Å². The third-order valence-corrected chi connectivity index (χ3v) is 11.8. The molecule has 0 spiro atoms. The molecule has 2 amide bonds. The van der Waals surface area contributed by atoms with E-state index in [-0.39, 0.29) is 45.7 Å². The Morgan fingerprint density at radius 2 is 1.88 bits per heavy atom. The summed E-state index contributed by atoms with van der Waals surface area (Å²) in [6.07, 6.45) is 2.41. The molecule has 4 aliphatic rings. The van der Waals surface area contributed by atoms with Crippen LogP contribution in [0.2, 0.25) is 0 Å². The second-order valence-electron chi connectivity index (χ2n) is 16.3. The summed E-state index contributed by atoms with van der Waals surface area (Å²) in [6, 6.07) is 8.99. The molecule has 2 fully saturated rings. The van der Waals surface area contributed by atoms with E-state index in [2.05, 4.69) is 67.3 Å². The number of amides is 2. The zero-order valence-corrected chi connectivity index (χ0v) is 32.9. The van der Waals surface area contributed by atoms with Gasteiger partial charge in [0.15, 0.2) is 11.5 Å². The van der Waals surface area contributed by atoms with Gasteiger partial charge in [0.2, 0.25) is 5.91 Å². The lowest BCUT2D eigenvalue weighted by Gasteiger charge is -2.45. The van der Waals surface area contributed by atoms with E-state index in [1.807, 2.05) is 6.07 Å². The van der Waals surface area contributed by atoms with Crippen LogP contribution in [0.3, 0.4) is 0 Å². The van der Waals surface area contributed by atoms with Crippen LogP contribution in [0.4, 0.5) is 41.9 Å². The third-order valence-electron chi connectivity index (χ3n) is 11.8. The zero-order chi connectivity index (χ0) is 40.9. The van der Waals surface area contributed by atoms with Gasteiger partial charge < -0.3 is 29.9 Å². The number of anilines is 5. The van der Waals surface area contributed by atoms with Crippen molar-refractivity contribution in [2.24, 2.45) is 5.41 Å². The second kappa shape index (κ2) is 15.5. The molecule has 2 saturated heterocycles. The number of nitrogens with one attached hydrogen (secondary N) is 2. The number of nitrogens with zero attached hydrogens (tertiary/aromatic N) is 7. The molecule has 8 rings (SSSR count). The van der Waals surface area contributed by atoms with Gasteiger partial charge in [-0.05, 0) is 80.0 Å². The zero-order valence-electron chi connectivity index (χ0n) is 32.9. The number of aromatic nitrogens is 4. The van der Waals surface area contributed by atoms with Crippen LogP contribution in [0.25, 0.3) is 11.3 Å². The molecule has 6 heterocycles. The Morgan fingerprint density at radius 1 is 1.09 bits per heavy atom. The summed E-state index contributed by atoms with van der Waals surface area (Å²) >= 11 is 0. The smallest absolute Gasteiger partial charge is 0.392 e. The van der Waals surface area contributed by atoms with Crippen molar-refractivity contribution < 1.29 is 32.6 Å². The molecule has 4 aromatic rings. The monoisotopic (exact) mass is 799 g/mol. The van der Waals surface area contributed by atoms with Gasteiger partial charge in [0.1, 0.15) is 11.5 Å². The molecule has 3 N–H and O–H groups in total. The molecule has 0 bridgehead atoms. The summed E-state index contributed by atoms with van der Waals surface area (Å²) in [4.78, 5) is 45.5. The van der Waals surface area contributed by atoms with E-state index < -0.39 is 30.2 Å². The van der Waals surface area contributed by atoms with E-state index >= 15 is 0 Å². The molecular weight excluding hydrogens is 752 g/mol. The molecule has 306 valence electrons. The van der Waals surface area contributed by atoms with E-state index in [9.17, 15) is 27.9 Å². The molecule has 1 aliphatic carbocycles. The van der Waals surface area contributed by atoms with Gasteiger partial charge in [0.25, 0.3) is 5.91 Å². The highest BCUT2D eigenvalue weighted by Gasteiger charge is 2.39. The van der Waals surface area contributed by atoms with Crippen LogP contribution < -0.4 is 20.4 Å². The van der Waals surface area contributed by atoms with Gasteiger partial charge in [0.05, 0.1) is 29.9 Å². The summed E-state index contributed by atoms with van der Waals surface area (Å²) in [5.74, 6) is -1.11. The molecule has 13 nitrogen and oxygen atoms in total. The highest BCUT2D eigenvalue weighted by Crippen LogP contribution is 2.41. The molecule has 58 heavy (non-hydrogen) atoms. The lowest BCUT2D eigenvalue weighted by atomic mass is 9.90. The van der Waals surface area contributed by atoms with Crippen LogP contribution in [0.5, 0.6) is 0 Å². The number of ether oxygens (including phenoxy) is 1. The number of hydrogen-bond donors (Lipinski definition) is 3. The summed E-state index contributed by atoms with van der Waals surface area (Å²) in [5, 5.41) is 16.3. The van der Waals surface area contributed by atoms with Crippen LogP contribution in [0.1, 0.15) is 66.6 Å². The molecule has 16 heteroatoms. The molecule has 1 unspecified atom stereocenters. The van der Waals surface area contributed by atoms with Crippen molar-refractivity contribution in [1.29, 1.82) is 0 Å². The number of hydrogen-bond acceptors (Lipinski definition) is 10. The van der Waals surface area contributed by atoms with Gasteiger partial charge in [-0.1, -0.05) is 20.4 Å². The molecule has 3 aromatic heterocycles. The predicted octanol–water partition coefficient (Wildman–Crippen LogP) is 6.19. The van der Waals surface area contributed by atoms with Crippen LogP contribution in [-0.2, 0) is 41.7 Å². The largest absolute Gasteiger partial charge is 0.437 e. The van der Waals surface area contributed by atoms with Gasteiger partial charge in [-0.3, -0.25) is 19.4 Å². The molecular formula is C42H48F3N9O4. The lowest BCUT2D eigenvalue weighted by molar-refractivity contribution is -0.140. The van der Waals surface area contributed by atoms with Crippen molar-refractivity contribution in [2.45, 2.75) is 77.9 Å². The Balaban J connectivity index is 1.09. The number of aliphatic hydroxyl groups excluding tert-OH is 1. The standard InChI is InChI=1S/C42H48F3N9O4/c1-5-36(56)49-31-19-27(6-7-33(31)52-13-12-51(23-25(52)2)28-9-16-58-17-10-28)48-38-37(42(43,44)45)47-22-32(50-38)29-8-11-46-39(30(29)24-55)54-15-14-53-34(40(54)57)18-26-20-41(3,4)21-35(26)53/h5-8,11,18-19,22,25,28,55H,1,9-10,12-17,20-21,23-24H2,2-4H3,(H,48,50)(H,49,56). The average Bonchev–Trinajstić information content (AvgIpc) is 3.69. The third kappa shape index (κ3) is 7.55. The van der Waals surface area contributed by atoms with Gasteiger partial charge in [-0.25, -0.2) is 15.0 Å². The Labute approximate surface area is 334 Å². The Morgan fingerprint density at radius 3 is 2.60 bits per heavy atom. The number of carbonyl (C=O) groups excluding carboxylic acids is 2. The number of aliphatic hydroxyl groups is 1. The van der Waals surface area contributed by atoms with Crippen molar-refractivity contribution in [1.82, 2.24) is 24.4 Å². The van der Waals surface area contributed by atoms with Crippen LogP contribution in [0.15, 0.2) is 55.4 Å². The summed E-state index contributed by atoms with van der Waals surface area (Å²) in [5.41, 5.74) is 3.62. The first-order chi connectivity index (χ1) is 27.7. The first-order valence-electron chi connectivity index (χ1n) is 19.7. The molecule has 1 atom stereocenters. The van der Waals surface area contributed by atoms with Crippen molar-refractivity contribution in [2.75, 3.05) is 59.8 Å². The van der Waals surface area contributed by atoms with E-state index in [1.165, 1.54) is 22.9 Å². The van der Waals surface area contributed by atoms with Crippen LogP contribution in [-0.4, -0.2) is 92.8 Å². The number of benzene rings is 1. The van der Waals surface area contributed by atoms with Gasteiger partial charge in [-0.15, -0.1) is 0 Å². The maximum atomic E-state index is 14.5.